The highest BCUT2D eigenvalue weighted by Gasteiger charge is 1.90. The van der Waals surface area contributed by atoms with Crippen LogP contribution in [0.15, 0.2) is 0 Å². The van der Waals surface area contributed by atoms with Crippen LogP contribution in [-0.4, -0.2) is 13.1 Å². The van der Waals surface area contributed by atoms with Gasteiger partial charge in [-0.15, -0.1) is 0 Å². The lowest BCUT2D eigenvalue weighted by Crippen LogP contribution is -2.28. The van der Waals surface area contributed by atoms with Crippen LogP contribution in [0.25, 0.3) is 0 Å². The minimum Gasteiger partial charge on any atom is -0.799 e. The largest absolute Gasteiger partial charge is 0.799 e. The molecule has 0 unspecified atom stereocenters. The molecule has 0 aromatic heterocycles. The molecular formula is C6H15N2O3P-2. The molecule has 6 heteroatoms. The summed E-state index contributed by atoms with van der Waals surface area (Å²) in [6.45, 7) is 0.907. The van der Waals surface area contributed by atoms with Gasteiger partial charge in [-0.05, 0) is 33.7 Å². The van der Waals surface area contributed by atoms with E-state index in [0.717, 1.165) is 19.3 Å². The monoisotopic (exact) mass is 194 g/mol. The SMILES string of the molecule is NCCCCCCNP(=O)([O-])[O-]. The highest BCUT2D eigenvalue weighted by Crippen LogP contribution is 2.14. The number of nitrogens with two attached hydrogens (primary N) is 1. The standard InChI is InChI=1S/C6H17N2O3P/c7-5-3-1-2-4-6-8-12(9,10)11/h1-7H2,(H3,8,9,10,11)/p-2. The molecule has 0 aromatic rings. The second-order valence-corrected chi connectivity index (χ2v) is 3.92. The van der Waals surface area contributed by atoms with E-state index in [1.165, 1.54) is 0 Å². The predicted octanol–water partition coefficient (Wildman–Crippen LogP) is -1.08. The lowest BCUT2D eigenvalue weighted by atomic mass is 10.2. The van der Waals surface area contributed by atoms with E-state index in [-0.39, 0.29) is 6.54 Å². The smallest absolute Gasteiger partial charge is 0.000381 e. The zero-order chi connectivity index (χ0) is 9.45. The normalized spacial score (nSPS) is 11.9. The van der Waals surface area contributed by atoms with Crippen molar-refractivity contribution in [3.8, 4) is 0 Å². The van der Waals surface area contributed by atoms with E-state index in [9.17, 15) is 14.4 Å². The molecule has 0 heterocycles. The first-order chi connectivity index (χ1) is 5.56. The zero-order valence-electron chi connectivity index (χ0n) is 6.99. The fourth-order valence-electron chi connectivity index (χ4n) is 0.839. The highest BCUT2D eigenvalue weighted by atomic mass is 31.2. The van der Waals surface area contributed by atoms with Gasteiger partial charge in [0.1, 0.15) is 0 Å². The maximum absolute atomic E-state index is 10.1. The Kier molecular flexibility index (Phi) is 6.61. The van der Waals surface area contributed by atoms with Crippen LogP contribution in [0.4, 0.5) is 0 Å². The fraction of sp³-hybridized carbons (Fsp3) is 1.00. The predicted molar refractivity (Wildman–Crippen MR) is 43.1 cm³/mol. The van der Waals surface area contributed by atoms with Crippen molar-refractivity contribution in [1.29, 1.82) is 0 Å². The molecule has 0 aliphatic rings. The molecule has 0 fully saturated rings. The first-order valence-electron chi connectivity index (χ1n) is 4.03. The van der Waals surface area contributed by atoms with E-state index in [0.29, 0.717) is 13.0 Å². The molecule has 0 rings (SSSR count). The van der Waals surface area contributed by atoms with E-state index < -0.39 is 7.75 Å². The minimum atomic E-state index is -4.50. The van der Waals surface area contributed by atoms with E-state index in [4.69, 9.17) is 5.73 Å². The average Bonchev–Trinajstić information content (AvgIpc) is 1.94. The van der Waals surface area contributed by atoms with Crippen LogP contribution in [0.2, 0.25) is 0 Å². The van der Waals surface area contributed by atoms with Gasteiger partial charge in [-0.25, -0.2) is 0 Å². The number of nitrogens with one attached hydrogen (secondary N) is 1. The molecule has 0 atom stereocenters. The summed E-state index contributed by atoms with van der Waals surface area (Å²) >= 11 is 0. The summed E-state index contributed by atoms with van der Waals surface area (Å²) in [5, 5.41) is 1.91. The van der Waals surface area contributed by atoms with Crippen LogP contribution in [0.1, 0.15) is 25.7 Å². The average molecular weight is 194 g/mol. The molecule has 0 aliphatic carbocycles. The Morgan fingerprint density at radius 3 is 2.25 bits per heavy atom. The van der Waals surface area contributed by atoms with Gasteiger partial charge in [-0.1, -0.05) is 12.8 Å². The molecule has 0 aliphatic heterocycles. The third kappa shape index (κ3) is 10.1. The van der Waals surface area contributed by atoms with Crippen LogP contribution < -0.4 is 20.6 Å². The lowest BCUT2D eigenvalue weighted by Gasteiger charge is -2.30. The minimum absolute atomic E-state index is 0.245. The summed E-state index contributed by atoms with van der Waals surface area (Å²) in [5.41, 5.74) is 5.25. The van der Waals surface area contributed by atoms with Crippen LogP contribution in [0.5, 0.6) is 0 Å². The first kappa shape index (κ1) is 12.1. The van der Waals surface area contributed by atoms with Crippen LogP contribution >= 0.6 is 7.75 Å². The maximum atomic E-state index is 10.1. The van der Waals surface area contributed by atoms with Crippen molar-refractivity contribution >= 4 is 7.75 Å². The molecule has 5 nitrogen and oxygen atoms in total. The molecule has 0 aromatic carbocycles. The molecule has 0 saturated heterocycles. The molecule has 74 valence electrons. The van der Waals surface area contributed by atoms with Crippen LogP contribution in [0.3, 0.4) is 0 Å². The van der Waals surface area contributed by atoms with Crippen LogP contribution in [0, 0.1) is 0 Å². The van der Waals surface area contributed by atoms with Gasteiger partial charge < -0.3 is 20.1 Å². The Hall–Kier alpha value is 0.0700. The lowest BCUT2D eigenvalue weighted by molar-refractivity contribution is -0.317. The Bertz CT molecular complexity index is 148. The van der Waals surface area contributed by atoms with E-state index >= 15 is 0 Å². The summed E-state index contributed by atoms with van der Waals surface area (Å²) < 4.78 is 10.1. The van der Waals surface area contributed by atoms with Crippen molar-refractivity contribution in [2.75, 3.05) is 13.1 Å². The molecule has 0 bridgehead atoms. The van der Waals surface area contributed by atoms with Gasteiger partial charge in [0.2, 0.25) is 0 Å². The van der Waals surface area contributed by atoms with Crippen molar-refractivity contribution < 1.29 is 14.4 Å². The summed E-state index contributed by atoms with van der Waals surface area (Å²) in [4.78, 5) is 20.1. The quantitative estimate of drug-likeness (QED) is 0.396. The van der Waals surface area contributed by atoms with Gasteiger partial charge in [0.15, 0.2) is 0 Å². The molecule has 0 saturated carbocycles. The molecule has 0 amide bonds. The van der Waals surface area contributed by atoms with Gasteiger partial charge in [0.25, 0.3) is 0 Å². The molecule has 0 radical (unpaired) electrons. The van der Waals surface area contributed by atoms with Crippen LogP contribution in [-0.2, 0) is 4.57 Å². The number of hydrogen-bond acceptors (Lipinski definition) is 4. The van der Waals surface area contributed by atoms with Crippen molar-refractivity contribution in [1.82, 2.24) is 5.09 Å². The van der Waals surface area contributed by atoms with Gasteiger partial charge >= 0.3 is 0 Å². The summed E-state index contributed by atoms with van der Waals surface area (Å²) in [6, 6.07) is 0. The van der Waals surface area contributed by atoms with E-state index in [1.807, 2.05) is 5.09 Å². The third-order valence-electron chi connectivity index (χ3n) is 1.44. The van der Waals surface area contributed by atoms with Gasteiger partial charge in [0, 0.05) is 0 Å². The van der Waals surface area contributed by atoms with Crippen molar-refractivity contribution in [2.24, 2.45) is 5.73 Å². The van der Waals surface area contributed by atoms with E-state index in [2.05, 4.69) is 0 Å². The zero-order valence-corrected chi connectivity index (χ0v) is 7.89. The number of rotatable bonds is 7. The Balaban J connectivity index is 3.06. The van der Waals surface area contributed by atoms with E-state index in [1.54, 1.807) is 0 Å². The van der Waals surface area contributed by atoms with Crippen molar-refractivity contribution in [3.05, 3.63) is 0 Å². The Morgan fingerprint density at radius 2 is 1.75 bits per heavy atom. The summed E-state index contributed by atoms with van der Waals surface area (Å²) in [7, 11) is -4.50. The topological polar surface area (TPSA) is 101 Å². The van der Waals surface area contributed by atoms with Gasteiger partial charge in [0.05, 0.1) is 0 Å². The third-order valence-corrected chi connectivity index (χ3v) is 2.05. The van der Waals surface area contributed by atoms with Crippen molar-refractivity contribution in [3.63, 3.8) is 0 Å². The second-order valence-electron chi connectivity index (χ2n) is 2.61. The molecular weight excluding hydrogens is 179 g/mol. The first-order valence-corrected chi connectivity index (χ1v) is 5.58. The van der Waals surface area contributed by atoms with Crippen molar-refractivity contribution in [2.45, 2.75) is 25.7 Å². The fourth-order valence-corrected chi connectivity index (χ4v) is 1.27. The number of hydrogen-bond donors (Lipinski definition) is 2. The Labute approximate surface area is 72.6 Å². The van der Waals surface area contributed by atoms with Gasteiger partial charge in [-0.3, -0.25) is 5.09 Å². The van der Waals surface area contributed by atoms with Gasteiger partial charge in [-0.2, -0.15) is 0 Å². The number of unbranched alkanes of at least 4 members (excludes halogenated alkanes) is 3. The summed E-state index contributed by atoms with van der Waals surface area (Å²) in [6.07, 6.45) is 3.55. The molecule has 12 heavy (non-hydrogen) atoms. The second kappa shape index (κ2) is 6.57. The molecule has 0 spiro atoms. The summed E-state index contributed by atoms with van der Waals surface area (Å²) in [5.74, 6) is 0. The Morgan fingerprint density at radius 1 is 1.17 bits per heavy atom. The molecule has 3 N–H and O–H groups in total. The maximum Gasteiger partial charge on any atom is -0.000381 e. The highest BCUT2D eigenvalue weighted by molar-refractivity contribution is 7.46.